The number of aromatic nitrogens is 1. The maximum absolute atomic E-state index is 12.1. The van der Waals surface area contributed by atoms with E-state index >= 15 is 0 Å². The lowest BCUT2D eigenvalue weighted by atomic mass is 10.1. The SMILES string of the molecule is CC(C(=O)OCCCc1cncs1)c1cc2ccccc2o1. The van der Waals surface area contributed by atoms with Crippen molar-refractivity contribution in [1.82, 2.24) is 4.98 Å². The average Bonchev–Trinajstić information content (AvgIpc) is 3.19. The predicted octanol–water partition coefficient (Wildman–Crippen LogP) is 4.17. The minimum absolute atomic E-state index is 0.247. The summed E-state index contributed by atoms with van der Waals surface area (Å²) >= 11 is 1.62. The van der Waals surface area contributed by atoms with Crippen molar-refractivity contribution in [2.45, 2.75) is 25.7 Å². The van der Waals surface area contributed by atoms with Gasteiger partial charge in [-0.25, -0.2) is 0 Å². The molecule has 1 aromatic carbocycles. The van der Waals surface area contributed by atoms with E-state index in [1.165, 1.54) is 4.88 Å². The Kier molecular flexibility index (Phi) is 4.53. The minimum atomic E-state index is -0.393. The van der Waals surface area contributed by atoms with Gasteiger partial charge < -0.3 is 9.15 Å². The zero-order valence-electron chi connectivity index (χ0n) is 12.3. The zero-order valence-corrected chi connectivity index (χ0v) is 13.1. The Bertz CT molecular complexity index is 715. The Hall–Kier alpha value is -2.14. The number of carbonyl (C=O) groups excluding carboxylic acids is 1. The van der Waals surface area contributed by atoms with E-state index in [0.29, 0.717) is 12.4 Å². The molecular formula is C17H17NO3S. The van der Waals surface area contributed by atoms with Gasteiger partial charge in [0.05, 0.1) is 12.1 Å². The molecule has 0 aliphatic rings. The molecule has 114 valence electrons. The number of carbonyl (C=O) groups is 1. The van der Waals surface area contributed by atoms with Crippen LogP contribution in [0.4, 0.5) is 0 Å². The summed E-state index contributed by atoms with van der Waals surface area (Å²) in [6.07, 6.45) is 3.54. The zero-order chi connectivity index (χ0) is 15.4. The molecule has 5 heteroatoms. The van der Waals surface area contributed by atoms with Gasteiger partial charge in [0.15, 0.2) is 0 Å². The van der Waals surface area contributed by atoms with Gasteiger partial charge in [0.1, 0.15) is 17.3 Å². The van der Waals surface area contributed by atoms with Gasteiger partial charge >= 0.3 is 5.97 Å². The van der Waals surface area contributed by atoms with Gasteiger partial charge in [0, 0.05) is 16.5 Å². The van der Waals surface area contributed by atoms with Crippen molar-refractivity contribution in [3.63, 3.8) is 0 Å². The van der Waals surface area contributed by atoms with Crippen molar-refractivity contribution >= 4 is 28.3 Å². The summed E-state index contributed by atoms with van der Waals surface area (Å²) in [7, 11) is 0. The van der Waals surface area contributed by atoms with E-state index in [4.69, 9.17) is 9.15 Å². The third-order valence-corrected chi connectivity index (χ3v) is 4.36. The standard InChI is InChI=1S/C17H17NO3S/c1-12(16-9-13-5-2-3-7-15(13)21-16)17(19)20-8-4-6-14-10-18-11-22-14/h2-3,5,7,9-12H,4,6,8H2,1H3. The lowest BCUT2D eigenvalue weighted by molar-refractivity contribution is -0.145. The Balaban J connectivity index is 1.52. The number of furan rings is 1. The van der Waals surface area contributed by atoms with E-state index in [9.17, 15) is 4.79 Å². The molecule has 0 aliphatic heterocycles. The first kappa shape index (κ1) is 14.8. The number of rotatable bonds is 6. The highest BCUT2D eigenvalue weighted by Gasteiger charge is 2.20. The molecule has 1 atom stereocenters. The molecule has 0 spiro atoms. The van der Waals surface area contributed by atoms with Crippen LogP contribution in [0.3, 0.4) is 0 Å². The number of fused-ring (bicyclic) bond motifs is 1. The number of benzene rings is 1. The van der Waals surface area contributed by atoms with E-state index in [0.717, 1.165) is 23.8 Å². The third-order valence-electron chi connectivity index (χ3n) is 3.52. The normalized spacial score (nSPS) is 12.4. The minimum Gasteiger partial charge on any atom is -0.465 e. The topological polar surface area (TPSA) is 52.3 Å². The smallest absolute Gasteiger partial charge is 0.316 e. The van der Waals surface area contributed by atoms with E-state index in [1.54, 1.807) is 11.3 Å². The molecule has 0 bridgehead atoms. The second kappa shape index (κ2) is 6.75. The van der Waals surface area contributed by atoms with Crippen LogP contribution < -0.4 is 0 Å². The first-order chi connectivity index (χ1) is 10.7. The van der Waals surface area contributed by atoms with Crippen molar-refractivity contribution in [3.05, 3.63) is 52.7 Å². The molecule has 0 radical (unpaired) electrons. The van der Waals surface area contributed by atoms with Crippen molar-refractivity contribution in [2.75, 3.05) is 6.61 Å². The van der Waals surface area contributed by atoms with Gasteiger partial charge in [-0.1, -0.05) is 18.2 Å². The summed E-state index contributed by atoms with van der Waals surface area (Å²) in [6, 6.07) is 9.63. The van der Waals surface area contributed by atoms with E-state index < -0.39 is 5.92 Å². The first-order valence-corrected chi connectivity index (χ1v) is 8.14. The Morgan fingerprint density at radius 1 is 1.41 bits per heavy atom. The van der Waals surface area contributed by atoms with Gasteiger partial charge in [-0.3, -0.25) is 9.78 Å². The second-order valence-electron chi connectivity index (χ2n) is 5.15. The van der Waals surface area contributed by atoms with Crippen LogP contribution in [0.5, 0.6) is 0 Å². The summed E-state index contributed by atoms with van der Waals surface area (Å²) in [5.41, 5.74) is 2.60. The molecule has 0 fully saturated rings. The highest BCUT2D eigenvalue weighted by molar-refractivity contribution is 7.09. The van der Waals surface area contributed by atoms with Gasteiger partial charge in [-0.2, -0.15) is 0 Å². The monoisotopic (exact) mass is 315 g/mol. The lowest BCUT2D eigenvalue weighted by Crippen LogP contribution is -2.13. The van der Waals surface area contributed by atoms with E-state index in [1.807, 2.05) is 49.0 Å². The van der Waals surface area contributed by atoms with Crippen molar-refractivity contribution < 1.29 is 13.9 Å². The van der Waals surface area contributed by atoms with Gasteiger partial charge in [-0.15, -0.1) is 11.3 Å². The van der Waals surface area contributed by atoms with Crippen LogP contribution in [0.2, 0.25) is 0 Å². The van der Waals surface area contributed by atoms with Crippen molar-refractivity contribution in [3.8, 4) is 0 Å². The number of nitrogens with zero attached hydrogens (tertiary/aromatic N) is 1. The molecular weight excluding hydrogens is 298 g/mol. The molecule has 3 rings (SSSR count). The molecule has 22 heavy (non-hydrogen) atoms. The average molecular weight is 315 g/mol. The fourth-order valence-electron chi connectivity index (χ4n) is 2.24. The Morgan fingerprint density at radius 3 is 3.05 bits per heavy atom. The van der Waals surface area contributed by atoms with Crippen LogP contribution >= 0.6 is 11.3 Å². The van der Waals surface area contributed by atoms with Crippen LogP contribution in [0.25, 0.3) is 11.0 Å². The van der Waals surface area contributed by atoms with Gasteiger partial charge in [0.2, 0.25) is 0 Å². The summed E-state index contributed by atoms with van der Waals surface area (Å²) < 4.78 is 11.0. The summed E-state index contributed by atoms with van der Waals surface area (Å²) in [4.78, 5) is 17.3. The molecule has 0 saturated carbocycles. The first-order valence-electron chi connectivity index (χ1n) is 7.26. The number of thiazole rings is 1. The fourth-order valence-corrected chi connectivity index (χ4v) is 2.88. The number of para-hydroxylation sites is 1. The van der Waals surface area contributed by atoms with Gasteiger partial charge in [-0.05, 0) is 31.9 Å². The molecule has 4 nitrogen and oxygen atoms in total. The van der Waals surface area contributed by atoms with Crippen molar-refractivity contribution in [2.24, 2.45) is 0 Å². The third kappa shape index (κ3) is 3.36. The van der Waals surface area contributed by atoms with Crippen LogP contribution in [-0.2, 0) is 16.0 Å². The number of hydrogen-bond donors (Lipinski definition) is 0. The van der Waals surface area contributed by atoms with Crippen LogP contribution in [-0.4, -0.2) is 17.6 Å². The molecule has 0 N–H and O–H groups in total. The Labute approximate surface area is 132 Å². The Morgan fingerprint density at radius 2 is 2.27 bits per heavy atom. The molecule has 0 aliphatic carbocycles. The van der Waals surface area contributed by atoms with Crippen LogP contribution in [0.15, 0.2) is 46.5 Å². The number of esters is 1. The largest absolute Gasteiger partial charge is 0.465 e. The maximum atomic E-state index is 12.1. The predicted molar refractivity (Wildman–Crippen MR) is 86.0 cm³/mol. The highest BCUT2D eigenvalue weighted by atomic mass is 32.1. The molecule has 0 saturated heterocycles. The van der Waals surface area contributed by atoms with Gasteiger partial charge in [0.25, 0.3) is 0 Å². The highest BCUT2D eigenvalue weighted by Crippen LogP contribution is 2.25. The summed E-state index contributed by atoms with van der Waals surface area (Å²) in [5, 5.41) is 1.00. The van der Waals surface area contributed by atoms with E-state index in [2.05, 4.69) is 4.98 Å². The quantitative estimate of drug-likeness (QED) is 0.506. The molecule has 2 heterocycles. The lowest BCUT2D eigenvalue weighted by Gasteiger charge is -2.08. The number of ether oxygens (including phenoxy) is 1. The molecule has 0 amide bonds. The summed E-state index contributed by atoms with van der Waals surface area (Å²) in [6.45, 7) is 2.23. The van der Waals surface area contributed by atoms with Crippen molar-refractivity contribution in [1.29, 1.82) is 0 Å². The summed E-state index contributed by atoms with van der Waals surface area (Å²) in [5.74, 6) is 0.00724. The fraction of sp³-hybridized carbons (Fsp3) is 0.294. The molecule has 2 aromatic heterocycles. The van der Waals surface area contributed by atoms with Crippen LogP contribution in [0, 0.1) is 0 Å². The van der Waals surface area contributed by atoms with Crippen LogP contribution in [0.1, 0.15) is 29.9 Å². The number of aryl methyl sites for hydroxylation is 1. The second-order valence-corrected chi connectivity index (χ2v) is 6.12. The van der Waals surface area contributed by atoms with E-state index in [-0.39, 0.29) is 5.97 Å². The molecule has 3 aromatic rings. The number of hydrogen-bond acceptors (Lipinski definition) is 5. The molecule has 1 unspecified atom stereocenters. The maximum Gasteiger partial charge on any atom is 0.316 e.